The van der Waals surface area contributed by atoms with Crippen LogP contribution in [0, 0.1) is 6.92 Å². The normalized spacial score (nSPS) is 10.2. The number of hydrogen-bond donors (Lipinski definition) is 2. The van der Waals surface area contributed by atoms with Crippen LogP contribution in [0.2, 0.25) is 0 Å². The lowest BCUT2D eigenvalue weighted by Crippen LogP contribution is -2.10. The molecule has 0 atom stereocenters. The van der Waals surface area contributed by atoms with E-state index in [1.807, 2.05) is 30.3 Å². The van der Waals surface area contributed by atoms with Gasteiger partial charge in [0.25, 0.3) is 0 Å². The molecule has 0 unspecified atom stereocenters. The molecule has 0 spiro atoms. The van der Waals surface area contributed by atoms with Crippen molar-refractivity contribution in [3.8, 4) is 0 Å². The highest BCUT2D eigenvalue weighted by atomic mass is 79.9. The third kappa shape index (κ3) is 3.84. The van der Waals surface area contributed by atoms with Gasteiger partial charge in [-0.15, -0.1) is 0 Å². The number of nitrogens with one attached hydrogen (secondary N) is 2. The molecule has 3 nitrogen and oxygen atoms in total. The molecule has 0 heterocycles. The molecule has 0 aromatic heterocycles. The van der Waals surface area contributed by atoms with Gasteiger partial charge >= 0.3 is 0 Å². The number of anilines is 2. The van der Waals surface area contributed by atoms with Crippen LogP contribution in [0.3, 0.4) is 0 Å². The van der Waals surface area contributed by atoms with Gasteiger partial charge < -0.3 is 10.6 Å². The van der Waals surface area contributed by atoms with Gasteiger partial charge in [-0.25, -0.2) is 0 Å². The molecule has 1 amide bonds. The predicted octanol–water partition coefficient (Wildman–Crippen LogP) is 4.33. The molecule has 2 aromatic carbocycles. The lowest BCUT2D eigenvalue weighted by Gasteiger charge is -2.13. The van der Waals surface area contributed by atoms with Crippen molar-refractivity contribution < 1.29 is 4.79 Å². The van der Waals surface area contributed by atoms with Crippen LogP contribution in [-0.2, 0) is 11.3 Å². The molecule has 2 aromatic rings. The number of hydrogen-bond acceptors (Lipinski definition) is 2. The maximum Gasteiger partial charge on any atom is 0.221 e. The minimum Gasteiger partial charge on any atom is -0.380 e. The standard InChI is InChI=1S/C16H17BrN2O/c1-11-7-8-14(17)16(9-11)18-10-13-5-3-4-6-15(13)19-12(2)20/h3-9,18H,10H2,1-2H3,(H,19,20). The summed E-state index contributed by atoms with van der Waals surface area (Å²) in [6, 6.07) is 14.0. The number of para-hydroxylation sites is 1. The highest BCUT2D eigenvalue weighted by Gasteiger charge is 2.05. The molecular weight excluding hydrogens is 316 g/mol. The Balaban J connectivity index is 2.14. The minimum absolute atomic E-state index is 0.0609. The molecule has 0 saturated carbocycles. The number of amides is 1. The number of halogens is 1. The van der Waals surface area contributed by atoms with Crippen LogP contribution < -0.4 is 10.6 Å². The van der Waals surface area contributed by atoms with E-state index in [1.165, 1.54) is 12.5 Å². The summed E-state index contributed by atoms with van der Waals surface area (Å²) in [6.45, 7) is 4.22. The fraction of sp³-hybridized carbons (Fsp3) is 0.188. The summed E-state index contributed by atoms with van der Waals surface area (Å²) >= 11 is 3.53. The van der Waals surface area contributed by atoms with E-state index in [4.69, 9.17) is 0 Å². The summed E-state index contributed by atoms with van der Waals surface area (Å²) in [6.07, 6.45) is 0. The van der Waals surface area contributed by atoms with E-state index in [0.717, 1.165) is 21.4 Å². The van der Waals surface area contributed by atoms with Gasteiger partial charge in [0.1, 0.15) is 0 Å². The van der Waals surface area contributed by atoms with Crippen molar-refractivity contribution >= 4 is 33.2 Å². The second kappa shape index (κ2) is 6.57. The van der Waals surface area contributed by atoms with Crippen molar-refractivity contribution in [1.29, 1.82) is 0 Å². The summed E-state index contributed by atoms with van der Waals surface area (Å²) in [7, 11) is 0. The van der Waals surface area contributed by atoms with Gasteiger partial charge in [-0.2, -0.15) is 0 Å². The fourth-order valence-electron chi connectivity index (χ4n) is 1.95. The zero-order valence-electron chi connectivity index (χ0n) is 11.5. The highest BCUT2D eigenvalue weighted by molar-refractivity contribution is 9.10. The quantitative estimate of drug-likeness (QED) is 0.874. The van der Waals surface area contributed by atoms with Gasteiger partial charge in [-0.1, -0.05) is 24.3 Å². The molecule has 0 aliphatic heterocycles. The second-order valence-electron chi connectivity index (χ2n) is 4.68. The predicted molar refractivity (Wildman–Crippen MR) is 87.0 cm³/mol. The summed E-state index contributed by atoms with van der Waals surface area (Å²) in [4.78, 5) is 11.2. The SMILES string of the molecule is CC(=O)Nc1ccccc1CNc1cc(C)ccc1Br. The van der Waals surface area contributed by atoms with Gasteiger partial charge in [0, 0.05) is 29.3 Å². The Morgan fingerprint density at radius 3 is 2.65 bits per heavy atom. The van der Waals surface area contributed by atoms with E-state index in [1.54, 1.807) is 0 Å². The molecule has 0 saturated heterocycles. The lowest BCUT2D eigenvalue weighted by molar-refractivity contribution is -0.114. The van der Waals surface area contributed by atoms with E-state index in [2.05, 4.69) is 45.6 Å². The van der Waals surface area contributed by atoms with Crippen LogP contribution in [0.1, 0.15) is 18.1 Å². The van der Waals surface area contributed by atoms with Crippen LogP contribution in [0.4, 0.5) is 11.4 Å². The average Bonchev–Trinajstić information content (AvgIpc) is 2.41. The molecule has 0 fully saturated rings. The zero-order valence-corrected chi connectivity index (χ0v) is 13.1. The van der Waals surface area contributed by atoms with Crippen molar-refractivity contribution in [2.75, 3.05) is 10.6 Å². The van der Waals surface area contributed by atoms with Gasteiger partial charge in [-0.05, 0) is 52.2 Å². The zero-order chi connectivity index (χ0) is 14.5. The summed E-state index contributed by atoms with van der Waals surface area (Å²) in [5, 5.41) is 6.23. The first-order valence-corrected chi connectivity index (χ1v) is 7.21. The van der Waals surface area contributed by atoms with E-state index in [0.29, 0.717) is 6.54 Å². The van der Waals surface area contributed by atoms with Gasteiger partial charge in [0.15, 0.2) is 0 Å². The highest BCUT2D eigenvalue weighted by Crippen LogP contribution is 2.25. The molecule has 20 heavy (non-hydrogen) atoms. The molecular formula is C16H17BrN2O. The van der Waals surface area contributed by atoms with Crippen molar-refractivity contribution in [2.45, 2.75) is 20.4 Å². The van der Waals surface area contributed by atoms with E-state index in [-0.39, 0.29) is 5.91 Å². The Morgan fingerprint density at radius 1 is 1.15 bits per heavy atom. The fourth-order valence-corrected chi connectivity index (χ4v) is 2.34. The Kier molecular flexibility index (Phi) is 4.79. The van der Waals surface area contributed by atoms with Gasteiger partial charge in [-0.3, -0.25) is 4.79 Å². The van der Waals surface area contributed by atoms with Crippen LogP contribution in [-0.4, -0.2) is 5.91 Å². The molecule has 2 rings (SSSR count). The topological polar surface area (TPSA) is 41.1 Å². The smallest absolute Gasteiger partial charge is 0.221 e. The summed E-state index contributed by atoms with van der Waals surface area (Å²) in [5.74, 6) is -0.0609. The van der Waals surface area contributed by atoms with Crippen molar-refractivity contribution in [3.05, 3.63) is 58.1 Å². The maximum absolute atomic E-state index is 11.2. The number of carbonyl (C=O) groups is 1. The molecule has 0 aliphatic rings. The largest absolute Gasteiger partial charge is 0.380 e. The lowest BCUT2D eigenvalue weighted by atomic mass is 10.1. The minimum atomic E-state index is -0.0609. The van der Waals surface area contributed by atoms with Crippen LogP contribution in [0.25, 0.3) is 0 Å². The molecule has 0 radical (unpaired) electrons. The van der Waals surface area contributed by atoms with Crippen LogP contribution >= 0.6 is 15.9 Å². The molecule has 0 aliphatic carbocycles. The van der Waals surface area contributed by atoms with E-state index >= 15 is 0 Å². The Labute approximate surface area is 127 Å². The first-order chi connectivity index (χ1) is 9.56. The van der Waals surface area contributed by atoms with Crippen molar-refractivity contribution in [3.63, 3.8) is 0 Å². The van der Waals surface area contributed by atoms with E-state index < -0.39 is 0 Å². The molecule has 2 N–H and O–H groups in total. The van der Waals surface area contributed by atoms with Gasteiger partial charge in [0.05, 0.1) is 0 Å². The monoisotopic (exact) mass is 332 g/mol. The number of rotatable bonds is 4. The maximum atomic E-state index is 11.2. The molecule has 0 bridgehead atoms. The number of carbonyl (C=O) groups excluding carboxylic acids is 1. The van der Waals surface area contributed by atoms with Crippen molar-refractivity contribution in [2.24, 2.45) is 0 Å². The summed E-state index contributed by atoms with van der Waals surface area (Å²) < 4.78 is 1.03. The van der Waals surface area contributed by atoms with E-state index in [9.17, 15) is 4.79 Å². The second-order valence-corrected chi connectivity index (χ2v) is 5.53. The number of aryl methyl sites for hydroxylation is 1. The first-order valence-electron chi connectivity index (χ1n) is 6.42. The van der Waals surface area contributed by atoms with Crippen LogP contribution in [0.5, 0.6) is 0 Å². The third-order valence-corrected chi connectivity index (χ3v) is 3.61. The third-order valence-electron chi connectivity index (χ3n) is 2.92. The molecule has 104 valence electrons. The Bertz CT molecular complexity index is 626. The van der Waals surface area contributed by atoms with Crippen LogP contribution in [0.15, 0.2) is 46.9 Å². The Morgan fingerprint density at radius 2 is 1.90 bits per heavy atom. The Hall–Kier alpha value is -1.81. The molecule has 4 heteroatoms. The number of benzene rings is 2. The van der Waals surface area contributed by atoms with Gasteiger partial charge in [0.2, 0.25) is 5.91 Å². The first kappa shape index (κ1) is 14.6. The van der Waals surface area contributed by atoms with Crippen molar-refractivity contribution in [1.82, 2.24) is 0 Å². The average molecular weight is 333 g/mol. The summed E-state index contributed by atoms with van der Waals surface area (Å²) in [5.41, 5.74) is 4.14.